The highest BCUT2D eigenvalue weighted by atomic mass is 32.2. The fourth-order valence-corrected chi connectivity index (χ4v) is 4.32. The second-order valence-electron chi connectivity index (χ2n) is 5.40. The maximum Gasteiger partial charge on any atom is 0.244 e. The van der Waals surface area contributed by atoms with Crippen LogP contribution in [0.1, 0.15) is 45.2 Å². The van der Waals surface area contributed by atoms with Crippen LogP contribution in [0.3, 0.4) is 0 Å². The summed E-state index contributed by atoms with van der Waals surface area (Å²) >= 11 is 0. The summed E-state index contributed by atoms with van der Waals surface area (Å²) in [6.45, 7) is 6.55. The Hall–Kier alpha value is -0.880. The molecule has 0 aromatic carbocycles. The maximum absolute atomic E-state index is 12.4. The number of nitrogens with zero attached hydrogens (tertiary/aromatic N) is 2. The van der Waals surface area contributed by atoms with E-state index in [-0.39, 0.29) is 6.04 Å². The molecule has 2 atom stereocenters. The average Bonchev–Trinajstić information content (AvgIpc) is 2.74. The Labute approximate surface area is 115 Å². The Kier molecular flexibility index (Phi) is 4.30. The second-order valence-corrected chi connectivity index (χ2v) is 7.08. The Morgan fingerprint density at radius 3 is 2.68 bits per heavy atom. The van der Waals surface area contributed by atoms with Gasteiger partial charge in [0.05, 0.1) is 11.9 Å². The molecule has 1 aliphatic carbocycles. The summed E-state index contributed by atoms with van der Waals surface area (Å²) in [6, 6.07) is 0.0585. The van der Waals surface area contributed by atoms with Gasteiger partial charge in [-0.05, 0) is 32.6 Å². The lowest BCUT2D eigenvalue weighted by Crippen LogP contribution is -2.41. The monoisotopic (exact) mass is 285 g/mol. The molecule has 1 aliphatic rings. The van der Waals surface area contributed by atoms with Crippen LogP contribution in [0.4, 0.5) is 0 Å². The second kappa shape index (κ2) is 5.63. The van der Waals surface area contributed by atoms with Crippen LogP contribution >= 0.6 is 0 Å². The molecular formula is C13H23N3O2S. The molecule has 1 N–H and O–H groups in total. The third-order valence-corrected chi connectivity index (χ3v) is 5.66. The van der Waals surface area contributed by atoms with Crippen LogP contribution in [0, 0.1) is 12.8 Å². The summed E-state index contributed by atoms with van der Waals surface area (Å²) < 4.78 is 29.4. The number of nitrogens with one attached hydrogen (secondary N) is 1. The van der Waals surface area contributed by atoms with Gasteiger partial charge in [0, 0.05) is 12.6 Å². The molecule has 0 radical (unpaired) electrons. The van der Waals surface area contributed by atoms with Gasteiger partial charge < -0.3 is 0 Å². The van der Waals surface area contributed by atoms with E-state index in [2.05, 4.69) is 16.7 Å². The smallest absolute Gasteiger partial charge is 0.244 e. The SMILES string of the molecule is CCn1ncc(S(=O)(=O)NC2CCCCC2C)c1C. The third kappa shape index (κ3) is 3.00. The minimum atomic E-state index is -3.45. The first-order chi connectivity index (χ1) is 8.95. The van der Waals surface area contributed by atoms with Crippen LogP contribution in [0.15, 0.2) is 11.1 Å². The van der Waals surface area contributed by atoms with Gasteiger partial charge in [-0.25, -0.2) is 13.1 Å². The van der Waals surface area contributed by atoms with Crippen LogP contribution < -0.4 is 4.72 Å². The number of aryl methyl sites for hydroxylation is 1. The van der Waals surface area contributed by atoms with E-state index in [4.69, 9.17) is 0 Å². The maximum atomic E-state index is 12.4. The molecule has 5 nitrogen and oxygen atoms in total. The molecule has 6 heteroatoms. The Bertz CT molecular complexity index is 536. The highest BCUT2D eigenvalue weighted by molar-refractivity contribution is 7.89. The normalized spacial score (nSPS) is 24.6. The van der Waals surface area contributed by atoms with Crippen LogP contribution in [0.25, 0.3) is 0 Å². The van der Waals surface area contributed by atoms with Gasteiger partial charge in [-0.15, -0.1) is 0 Å². The van der Waals surface area contributed by atoms with Crippen molar-refractivity contribution in [1.29, 1.82) is 0 Å². The van der Waals surface area contributed by atoms with Crippen molar-refractivity contribution in [1.82, 2.24) is 14.5 Å². The zero-order valence-electron chi connectivity index (χ0n) is 11.9. The highest BCUT2D eigenvalue weighted by Gasteiger charge is 2.28. The van der Waals surface area contributed by atoms with Gasteiger partial charge >= 0.3 is 0 Å². The van der Waals surface area contributed by atoms with Crippen molar-refractivity contribution in [3.8, 4) is 0 Å². The summed E-state index contributed by atoms with van der Waals surface area (Å²) in [6.07, 6.45) is 5.79. The molecule has 1 aromatic rings. The van der Waals surface area contributed by atoms with E-state index in [0.717, 1.165) is 19.3 Å². The van der Waals surface area contributed by atoms with Crippen molar-refractivity contribution >= 4 is 10.0 Å². The number of hydrogen-bond donors (Lipinski definition) is 1. The topological polar surface area (TPSA) is 64.0 Å². The van der Waals surface area contributed by atoms with Gasteiger partial charge in [-0.1, -0.05) is 19.8 Å². The lowest BCUT2D eigenvalue weighted by Gasteiger charge is -2.29. The van der Waals surface area contributed by atoms with E-state index < -0.39 is 10.0 Å². The predicted octanol–water partition coefficient (Wildman–Crippen LogP) is 2.07. The van der Waals surface area contributed by atoms with Gasteiger partial charge in [0.2, 0.25) is 10.0 Å². The van der Waals surface area contributed by atoms with E-state index in [1.54, 1.807) is 11.6 Å². The Morgan fingerprint density at radius 2 is 2.11 bits per heavy atom. The summed E-state index contributed by atoms with van der Waals surface area (Å²) in [5.74, 6) is 0.407. The molecule has 2 unspecified atom stereocenters. The number of sulfonamides is 1. The Morgan fingerprint density at radius 1 is 1.42 bits per heavy atom. The molecule has 1 aromatic heterocycles. The molecule has 1 fully saturated rings. The zero-order chi connectivity index (χ0) is 14.0. The lowest BCUT2D eigenvalue weighted by atomic mass is 9.87. The minimum Gasteiger partial charge on any atom is -0.269 e. The lowest BCUT2D eigenvalue weighted by molar-refractivity contribution is 0.310. The first-order valence-electron chi connectivity index (χ1n) is 7.00. The van der Waals surface area contributed by atoms with E-state index in [1.807, 2.05) is 6.92 Å². The van der Waals surface area contributed by atoms with Crippen molar-refractivity contribution in [2.24, 2.45) is 5.92 Å². The van der Waals surface area contributed by atoms with Gasteiger partial charge in [0.15, 0.2) is 0 Å². The molecule has 1 heterocycles. The Balaban J connectivity index is 2.20. The number of rotatable bonds is 4. The van der Waals surface area contributed by atoms with E-state index in [9.17, 15) is 8.42 Å². The summed E-state index contributed by atoms with van der Waals surface area (Å²) in [5.41, 5.74) is 0.707. The van der Waals surface area contributed by atoms with Crippen molar-refractivity contribution < 1.29 is 8.42 Å². The fraction of sp³-hybridized carbons (Fsp3) is 0.769. The van der Waals surface area contributed by atoms with Crippen LogP contribution in [-0.4, -0.2) is 24.2 Å². The van der Waals surface area contributed by atoms with Crippen LogP contribution in [0.5, 0.6) is 0 Å². The van der Waals surface area contributed by atoms with Crippen molar-refractivity contribution in [2.75, 3.05) is 0 Å². The van der Waals surface area contributed by atoms with Crippen molar-refractivity contribution in [3.05, 3.63) is 11.9 Å². The van der Waals surface area contributed by atoms with E-state index in [0.29, 0.717) is 23.1 Å². The average molecular weight is 285 g/mol. The number of hydrogen-bond acceptors (Lipinski definition) is 3. The third-order valence-electron chi connectivity index (χ3n) is 4.07. The van der Waals surface area contributed by atoms with Crippen molar-refractivity contribution in [3.63, 3.8) is 0 Å². The van der Waals surface area contributed by atoms with Crippen LogP contribution in [0.2, 0.25) is 0 Å². The highest BCUT2D eigenvalue weighted by Crippen LogP contribution is 2.25. The van der Waals surface area contributed by atoms with E-state index in [1.165, 1.54) is 12.6 Å². The number of aromatic nitrogens is 2. The van der Waals surface area contributed by atoms with Gasteiger partial charge in [-0.2, -0.15) is 5.10 Å². The van der Waals surface area contributed by atoms with E-state index >= 15 is 0 Å². The molecule has 0 aliphatic heterocycles. The van der Waals surface area contributed by atoms with Gasteiger partial charge in [-0.3, -0.25) is 4.68 Å². The minimum absolute atomic E-state index is 0.0585. The standard InChI is InChI=1S/C13H23N3O2S/c1-4-16-11(3)13(9-14-16)19(17,18)15-12-8-6-5-7-10(12)2/h9-10,12,15H,4-8H2,1-3H3. The molecule has 108 valence electrons. The first-order valence-corrected chi connectivity index (χ1v) is 8.48. The zero-order valence-corrected chi connectivity index (χ0v) is 12.7. The van der Waals surface area contributed by atoms with Gasteiger partial charge in [0.1, 0.15) is 4.90 Å². The molecule has 0 bridgehead atoms. The summed E-state index contributed by atoms with van der Waals surface area (Å²) in [4.78, 5) is 0.312. The first kappa shape index (κ1) is 14.5. The largest absolute Gasteiger partial charge is 0.269 e. The molecule has 0 saturated heterocycles. The van der Waals surface area contributed by atoms with Crippen molar-refractivity contribution in [2.45, 2.75) is 63.9 Å². The molecule has 2 rings (SSSR count). The molecule has 1 saturated carbocycles. The molecular weight excluding hydrogens is 262 g/mol. The quantitative estimate of drug-likeness (QED) is 0.921. The molecule has 0 amide bonds. The fourth-order valence-electron chi connectivity index (χ4n) is 2.77. The summed E-state index contributed by atoms with van der Waals surface area (Å²) in [7, 11) is -3.45. The molecule has 19 heavy (non-hydrogen) atoms. The van der Waals surface area contributed by atoms with Gasteiger partial charge in [0.25, 0.3) is 0 Å². The van der Waals surface area contributed by atoms with Crippen LogP contribution in [-0.2, 0) is 16.6 Å². The summed E-state index contributed by atoms with van der Waals surface area (Å²) in [5, 5.41) is 4.11. The molecule has 0 spiro atoms. The predicted molar refractivity (Wildman–Crippen MR) is 74.4 cm³/mol.